The predicted molar refractivity (Wildman–Crippen MR) is 48.5 cm³/mol. The van der Waals surface area contributed by atoms with E-state index in [-0.39, 0.29) is 0 Å². The van der Waals surface area contributed by atoms with Crippen LogP contribution in [-0.2, 0) is 6.61 Å². The Kier molecular flexibility index (Phi) is 4.19. The molecular weight excluding hydrogens is 283 g/mol. The molecule has 0 amide bonds. The summed E-state index contributed by atoms with van der Waals surface area (Å²) in [6.45, 7) is -1.12. The highest BCUT2D eigenvalue weighted by Crippen LogP contribution is 2.34. The minimum absolute atomic E-state index is 0.373. The number of hydrogen-bond donors (Lipinski definition) is 1. The maximum Gasteiger partial charge on any atom is 0.574 e. The first-order chi connectivity index (χ1) is 8.65. The second-order valence-electron chi connectivity index (χ2n) is 3.12. The van der Waals surface area contributed by atoms with E-state index in [2.05, 4.69) is 9.72 Å². The lowest BCUT2D eigenvalue weighted by Crippen LogP contribution is -2.19. The van der Waals surface area contributed by atoms with Crippen molar-refractivity contribution in [2.75, 3.05) is 0 Å². The molecule has 11 heteroatoms. The lowest BCUT2D eigenvalue weighted by atomic mass is 10.2. The Bertz CT molecular complexity index is 491. The number of aliphatic hydroxyl groups excluding tert-OH is 1. The van der Waals surface area contributed by atoms with Crippen molar-refractivity contribution in [3.05, 3.63) is 27.4 Å². The van der Waals surface area contributed by atoms with Gasteiger partial charge in [-0.1, -0.05) is 0 Å². The summed E-state index contributed by atoms with van der Waals surface area (Å²) in [7, 11) is 0. The van der Waals surface area contributed by atoms with Crippen LogP contribution in [-0.4, -0.2) is 21.4 Å². The van der Waals surface area contributed by atoms with E-state index in [9.17, 15) is 32.1 Å². The predicted octanol–water partition coefficient (Wildman–Crippen LogP) is 2.32. The molecule has 0 atom stereocenters. The summed E-state index contributed by atoms with van der Waals surface area (Å²) in [5, 5.41) is 19.3. The molecule has 6 nitrogen and oxygen atoms in total. The van der Waals surface area contributed by atoms with Crippen LogP contribution in [0.4, 0.5) is 27.6 Å². The fourth-order valence-electron chi connectivity index (χ4n) is 1.24. The highest BCUT2D eigenvalue weighted by Gasteiger charge is 2.35. The quantitative estimate of drug-likeness (QED) is 0.522. The van der Waals surface area contributed by atoms with Gasteiger partial charge in [0.1, 0.15) is 0 Å². The molecule has 0 aliphatic carbocycles. The molecule has 1 N–H and O–H groups in total. The zero-order valence-corrected chi connectivity index (χ0v) is 8.82. The van der Waals surface area contributed by atoms with E-state index in [0.717, 1.165) is 0 Å². The first-order valence-electron chi connectivity index (χ1n) is 4.48. The molecule has 0 saturated carbocycles. The first-order valence-corrected chi connectivity index (χ1v) is 4.48. The van der Waals surface area contributed by atoms with Crippen molar-refractivity contribution < 1.29 is 36.7 Å². The standard InChI is InChI=1S/C8H5F5N2O4/c9-7(10)5-6(15(17)18)3(2-16)1-4(14-5)19-8(11,12)13/h1,7,16H,2H2. The Labute approximate surface area is 101 Å². The largest absolute Gasteiger partial charge is 0.574 e. The summed E-state index contributed by atoms with van der Waals surface area (Å²) in [4.78, 5) is 12.0. The van der Waals surface area contributed by atoms with Crippen LogP contribution < -0.4 is 4.74 Å². The molecule has 0 spiro atoms. The van der Waals surface area contributed by atoms with Crippen LogP contribution in [0.5, 0.6) is 5.88 Å². The molecule has 0 saturated heterocycles. The van der Waals surface area contributed by atoms with Crippen LogP contribution in [0.25, 0.3) is 0 Å². The lowest BCUT2D eigenvalue weighted by Gasteiger charge is -2.11. The van der Waals surface area contributed by atoms with Crippen molar-refractivity contribution in [1.82, 2.24) is 4.98 Å². The summed E-state index contributed by atoms with van der Waals surface area (Å²) in [6.07, 6.45) is -8.70. The van der Waals surface area contributed by atoms with Gasteiger partial charge in [0.05, 0.1) is 17.1 Å². The van der Waals surface area contributed by atoms with Gasteiger partial charge in [-0.15, -0.1) is 13.2 Å². The number of nitro groups is 1. The molecule has 0 aromatic carbocycles. The van der Waals surface area contributed by atoms with Crippen LogP contribution in [0.15, 0.2) is 6.07 Å². The molecule has 0 fully saturated rings. The number of ether oxygens (including phenoxy) is 1. The van der Waals surface area contributed by atoms with Gasteiger partial charge in [0.2, 0.25) is 5.88 Å². The third kappa shape index (κ3) is 3.71. The Morgan fingerprint density at radius 1 is 1.47 bits per heavy atom. The molecule has 0 bridgehead atoms. The molecule has 1 aromatic heterocycles. The van der Waals surface area contributed by atoms with E-state index in [1.54, 1.807) is 0 Å². The second kappa shape index (κ2) is 5.30. The van der Waals surface area contributed by atoms with Crippen molar-refractivity contribution >= 4 is 5.69 Å². The monoisotopic (exact) mass is 288 g/mol. The van der Waals surface area contributed by atoms with Crippen molar-refractivity contribution in [1.29, 1.82) is 0 Å². The third-order valence-electron chi connectivity index (χ3n) is 1.86. The van der Waals surface area contributed by atoms with Gasteiger partial charge in [-0.3, -0.25) is 10.1 Å². The Balaban J connectivity index is 3.40. The first kappa shape index (κ1) is 15.0. The average Bonchev–Trinajstić information content (AvgIpc) is 2.24. The normalized spacial score (nSPS) is 11.7. The van der Waals surface area contributed by atoms with Crippen molar-refractivity contribution in [3.8, 4) is 5.88 Å². The van der Waals surface area contributed by atoms with E-state index in [1.165, 1.54) is 0 Å². The molecule has 106 valence electrons. The number of hydrogen-bond acceptors (Lipinski definition) is 5. The zero-order valence-electron chi connectivity index (χ0n) is 8.82. The zero-order chi connectivity index (χ0) is 14.8. The van der Waals surface area contributed by atoms with Gasteiger partial charge in [0.25, 0.3) is 6.43 Å². The Hall–Kier alpha value is -2.04. The van der Waals surface area contributed by atoms with Crippen LogP contribution >= 0.6 is 0 Å². The number of nitrogens with zero attached hydrogens (tertiary/aromatic N) is 2. The lowest BCUT2D eigenvalue weighted by molar-refractivity contribution is -0.387. The van der Waals surface area contributed by atoms with Crippen molar-refractivity contribution in [2.45, 2.75) is 19.4 Å². The number of alkyl halides is 5. The summed E-state index contributed by atoms with van der Waals surface area (Å²) in [5.41, 5.74) is -3.50. The third-order valence-corrected chi connectivity index (χ3v) is 1.86. The van der Waals surface area contributed by atoms with Crippen LogP contribution in [0.3, 0.4) is 0 Å². The number of pyridine rings is 1. The molecule has 0 aliphatic rings. The highest BCUT2D eigenvalue weighted by molar-refractivity contribution is 5.47. The minimum atomic E-state index is -5.20. The minimum Gasteiger partial charge on any atom is -0.391 e. The number of aliphatic hydroxyl groups is 1. The smallest absolute Gasteiger partial charge is 0.391 e. The van der Waals surface area contributed by atoms with Gasteiger partial charge in [-0.05, 0) is 0 Å². The fourth-order valence-corrected chi connectivity index (χ4v) is 1.24. The van der Waals surface area contributed by atoms with Crippen LogP contribution in [0.1, 0.15) is 17.7 Å². The Morgan fingerprint density at radius 3 is 2.42 bits per heavy atom. The molecule has 0 radical (unpaired) electrons. The summed E-state index contributed by atoms with van der Waals surface area (Å²) in [5.74, 6) is -1.31. The molecule has 0 aliphatic heterocycles. The van der Waals surface area contributed by atoms with E-state index >= 15 is 0 Å². The molecule has 1 aromatic rings. The van der Waals surface area contributed by atoms with Crippen molar-refractivity contribution in [3.63, 3.8) is 0 Å². The van der Waals surface area contributed by atoms with Gasteiger partial charge < -0.3 is 9.84 Å². The molecule has 1 rings (SSSR count). The summed E-state index contributed by atoms with van der Waals surface area (Å²) >= 11 is 0. The van der Waals surface area contributed by atoms with E-state index < -0.39 is 47.1 Å². The average molecular weight is 288 g/mol. The van der Waals surface area contributed by atoms with E-state index in [4.69, 9.17) is 5.11 Å². The number of aromatic nitrogens is 1. The van der Waals surface area contributed by atoms with Gasteiger partial charge in [-0.25, -0.2) is 13.8 Å². The van der Waals surface area contributed by atoms with E-state index in [1.807, 2.05) is 0 Å². The van der Waals surface area contributed by atoms with Crippen LogP contribution in [0.2, 0.25) is 0 Å². The molecule has 1 heterocycles. The topological polar surface area (TPSA) is 85.5 Å². The van der Waals surface area contributed by atoms with Gasteiger partial charge in [-0.2, -0.15) is 0 Å². The number of rotatable bonds is 4. The second-order valence-corrected chi connectivity index (χ2v) is 3.12. The van der Waals surface area contributed by atoms with Gasteiger partial charge >= 0.3 is 12.0 Å². The molecule has 19 heavy (non-hydrogen) atoms. The van der Waals surface area contributed by atoms with Gasteiger partial charge in [0.15, 0.2) is 5.69 Å². The van der Waals surface area contributed by atoms with Crippen LogP contribution in [0, 0.1) is 10.1 Å². The summed E-state index contributed by atoms with van der Waals surface area (Å²) in [6, 6.07) is 0.373. The van der Waals surface area contributed by atoms with Crippen molar-refractivity contribution in [2.24, 2.45) is 0 Å². The number of halogens is 5. The van der Waals surface area contributed by atoms with E-state index in [0.29, 0.717) is 6.07 Å². The SMILES string of the molecule is O=[N+]([O-])c1c(CO)cc(OC(F)(F)F)nc1C(F)F. The van der Waals surface area contributed by atoms with Gasteiger partial charge in [0, 0.05) is 6.07 Å². The highest BCUT2D eigenvalue weighted by atomic mass is 19.4. The summed E-state index contributed by atoms with van der Waals surface area (Å²) < 4.78 is 64.1. The maximum atomic E-state index is 12.5. The molecule has 0 unspecified atom stereocenters. The molecular formula is C8H5F5N2O4. The fraction of sp³-hybridized carbons (Fsp3) is 0.375. The maximum absolute atomic E-state index is 12.5. The Morgan fingerprint density at radius 2 is 2.05 bits per heavy atom.